The minimum Gasteiger partial charge on any atom is -0.447 e. The van der Waals surface area contributed by atoms with Crippen molar-refractivity contribution in [1.82, 2.24) is 60.8 Å². The molecule has 0 bridgehead atoms. The maximum absolute atomic E-state index is 11.1. The van der Waals surface area contributed by atoms with Gasteiger partial charge in [0.15, 0.2) is 0 Å². The molecule has 0 saturated carbocycles. The van der Waals surface area contributed by atoms with E-state index in [4.69, 9.17) is 18.9 Å². The number of aromatic nitrogens is 4. The van der Waals surface area contributed by atoms with Crippen molar-refractivity contribution in [2.45, 2.75) is 75.5 Å². The largest absolute Gasteiger partial charge is 0.447 e. The van der Waals surface area contributed by atoms with Gasteiger partial charge >= 0.3 is 24.4 Å². The zero-order valence-electron chi connectivity index (χ0n) is 49.9. The lowest BCUT2D eigenvalue weighted by Gasteiger charge is -2.09. The van der Waals surface area contributed by atoms with E-state index in [1.807, 2.05) is 0 Å². The maximum Gasteiger partial charge on any atom is 0.407 e. The third-order valence-corrected chi connectivity index (χ3v) is 15.5. The Kier molecular flexibility index (Phi) is 20.5. The predicted molar refractivity (Wildman–Crippen MR) is 330 cm³/mol. The van der Waals surface area contributed by atoms with Crippen molar-refractivity contribution >= 4 is 68.0 Å². The highest BCUT2D eigenvalue weighted by Crippen LogP contribution is 2.26. The third-order valence-electron chi connectivity index (χ3n) is 15.5. The number of carbonyl (C=O) groups is 4. The lowest BCUT2D eigenvalue weighted by Crippen LogP contribution is -2.28. The van der Waals surface area contributed by atoms with Crippen LogP contribution in [0.15, 0.2) is 97.6 Å². The maximum atomic E-state index is 11.1. The van der Waals surface area contributed by atoms with Crippen LogP contribution in [0.25, 0.3) is 43.6 Å². The number of cyclic esters (lactones) is 4. The van der Waals surface area contributed by atoms with E-state index in [9.17, 15) is 19.2 Å². The summed E-state index contributed by atoms with van der Waals surface area (Å²) in [6, 6.07) is 26.1. The van der Waals surface area contributed by atoms with Gasteiger partial charge in [0.25, 0.3) is 0 Å². The van der Waals surface area contributed by atoms with E-state index < -0.39 is 0 Å². The van der Waals surface area contributed by atoms with E-state index in [0.717, 1.165) is 77.5 Å². The summed E-state index contributed by atoms with van der Waals surface area (Å²) in [6.45, 7) is 5.95. The second kappa shape index (κ2) is 28.5. The number of aromatic amines is 4. The van der Waals surface area contributed by atoms with E-state index in [1.54, 1.807) is 0 Å². The second-order valence-corrected chi connectivity index (χ2v) is 23.6. The average Bonchev–Trinajstić information content (AvgIpc) is 3.89. The smallest absolute Gasteiger partial charge is 0.407 e. The van der Waals surface area contributed by atoms with Crippen LogP contribution >= 0.6 is 0 Å². The first-order valence-electron chi connectivity index (χ1n) is 29.1. The standard InChI is InChI=1S/4C16H21N3O2/c4*1-19(2)6-5-12-9-17-15-4-3-11(8-14(12)15)7-13-10-21-16(20)18-13/h4*3-4,8-9,13,17H,5-7,10H2,1-2H3,(H,18,20)/t4*13-/m0000/s1. The molecule has 4 aromatic carbocycles. The van der Waals surface area contributed by atoms with Crippen LogP contribution < -0.4 is 21.3 Å². The predicted octanol–water partition coefficient (Wildman–Crippen LogP) is 7.69. The van der Waals surface area contributed by atoms with Gasteiger partial charge in [-0.25, -0.2) is 19.2 Å². The molecule has 12 rings (SSSR count). The Morgan fingerprint density at radius 2 is 0.560 bits per heavy atom. The normalized spacial score (nSPS) is 18.2. The van der Waals surface area contributed by atoms with Crippen LogP contribution in [0.5, 0.6) is 0 Å². The molecular weight excluding hydrogens is 1060 g/mol. The fourth-order valence-electron chi connectivity index (χ4n) is 10.9. The number of nitrogens with one attached hydrogen (secondary N) is 8. The Morgan fingerprint density at radius 1 is 0.345 bits per heavy atom. The first-order chi connectivity index (χ1) is 40.5. The van der Waals surface area contributed by atoms with Crippen molar-refractivity contribution in [2.24, 2.45) is 0 Å². The van der Waals surface area contributed by atoms with Gasteiger partial charge in [-0.3, -0.25) is 0 Å². The highest BCUT2D eigenvalue weighted by Gasteiger charge is 2.26. The zero-order valence-corrected chi connectivity index (χ0v) is 49.9. The Morgan fingerprint density at radius 3 is 0.738 bits per heavy atom. The molecule has 0 aliphatic carbocycles. The van der Waals surface area contributed by atoms with Crippen molar-refractivity contribution in [3.63, 3.8) is 0 Å². The molecule has 84 heavy (non-hydrogen) atoms. The van der Waals surface area contributed by atoms with Crippen molar-refractivity contribution in [3.8, 4) is 0 Å². The molecule has 0 radical (unpaired) electrons. The number of alkyl carbamates (subject to hydrolysis) is 4. The molecule has 448 valence electrons. The molecule has 4 atom stereocenters. The van der Waals surface area contributed by atoms with Gasteiger partial charge in [-0.15, -0.1) is 0 Å². The molecule has 8 N–H and O–H groups in total. The number of nitrogens with zero attached hydrogens (tertiary/aromatic N) is 4. The summed E-state index contributed by atoms with van der Waals surface area (Å²) in [6.07, 6.45) is 14.5. The van der Waals surface area contributed by atoms with Gasteiger partial charge in [-0.05, 0) is 201 Å². The van der Waals surface area contributed by atoms with Crippen LogP contribution in [0.1, 0.15) is 44.5 Å². The van der Waals surface area contributed by atoms with Crippen LogP contribution in [-0.4, -0.2) is 197 Å². The van der Waals surface area contributed by atoms with Gasteiger partial charge in [-0.1, -0.05) is 24.3 Å². The summed E-state index contributed by atoms with van der Waals surface area (Å²) in [5, 5.41) is 16.4. The number of amides is 4. The number of H-pyrrole nitrogens is 4. The van der Waals surface area contributed by atoms with E-state index in [0.29, 0.717) is 26.4 Å². The van der Waals surface area contributed by atoms with Crippen LogP contribution in [0, 0.1) is 0 Å². The van der Waals surface area contributed by atoms with Crippen molar-refractivity contribution < 1.29 is 38.1 Å². The fourth-order valence-corrected chi connectivity index (χ4v) is 10.9. The quantitative estimate of drug-likeness (QED) is 0.0344. The van der Waals surface area contributed by atoms with E-state index in [1.165, 1.54) is 88.1 Å². The van der Waals surface area contributed by atoms with E-state index in [2.05, 4.69) is 215 Å². The van der Waals surface area contributed by atoms with Crippen LogP contribution in [0.2, 0.25) is 0 Å². The number of rotatable bonds is 20. The SMILES string of the molecule is CN(C)CCc1c[nH]c2ccc(C[C@H]3COC(=O)N3)cc12.CN(C)CCc1c[nH]c2ccc(C[C@H]3COC(=O)N3)cc12.CN(C)CCc1c[nH]c2ccc(C[C@H]3COC(=O)N3)cc12.CN(C)CCc1c[nH]c2ccc(C[C@H]3COC(=O)N3)cc12. The molecular formula is C64H84N12O8. The Balaban J connectivity index is 0.000000134. The number of fused-ring (bicyclic) bond motifs is 4. The number of likely N-dealkylation sites (N-methyl/N-ethyl adjacent to an activating group) is 4. The molecule has 4 aliphatic heterocycles. The van der Waals surface area contributed by atoms with Gasteiger partial charge in [0.1, 0.15) is 26.4 Å². The molecule has 0 spiro atoms. The van der Waals surface area contributed by atoms with Crippen LogP contribution in [-0.2, 0) is 70.3 Å². The Labute approximate surface area is 491 Å². The fraction of sp³-hybridized carbons (Fsp3) is 0.438. The summed E-state index contributed by atoms with van der Waals surface area (Å²) in [5.74, 6) is 0. The lowest BCUT2D eigenvalue weighted by molar-refractivity contribution is 0.176. The molecule has 4 aliphatic rings. The van der Waals surface area contributed by atoms with Gasteiger partial charge in [0, 0.05) is 94.6 Å². The Bertz CT molecular complexity index is 3050. The molecule has 8 aromatic rings. The second-order valence-electron chi connectivity index (χ2n) is 23.6. The van der Waals surface area contributed by atoms with Gasteiger partial charge in [0.05, 0.1) is 24.2 Å². The van der Waals surface area contributed by atoms with Gasteiger partial charge < -0.3 is 79.8 Å². The van der Waals surface area contributed by atoms with Gasteiger partial charge in [-0.2, -0.15) is 0 Å². The summed E-state index contributed by atoms with van der Waals surface area (Å²) in [5.41, 5.74) is 14.9. The van der Waals surface area contributed by atoms with Crippen molar-refractivity contribution in [3.05, 3.63) is 142 Å². The highest BCUT2D eigenvalue weighted by atomic mass is 16.6. The molecule has 20 nitrogen and oxygen atoms in total. The third kappa shape index (κ3) is 17.0. The zero-order chi connectivity index (χ0) is 59.3. The lowest BCUT2D eigenvalue weighted by atomic mass is 10.0. The monoisotopic (exact) mass is 1150 g/mol. The summed E-state index contributed by atoms with van der Waals surface area (Å²) in [7, 11) is 16.7. The van der Waals surface area contributed by atoms with E-state index >= 15 is 0 Å². The highest BCUT2D eigenvalue weighted by molar-refractivity contribution is 5.86. The first-order valence-corrected chi connectivity index (χ1v) is 29.1. The first kappa shape index (κ1) is 60.5. The number of hydrogen-bond donors (Lipinski definition) is 8. The molecule has 4 amide bonds. The summed E-state index contributed by atoms with van der Waals surface area (Å²) in [4.78, 5) is 66.4. The molecule has 4 saturated heterocycles. The minimum atomic E-state index is -0.311. The summed E-state index contributed by atoms with van der Waals surface area (Å²) < 4.78 is 19.7. The summed E-state index contributed by atoms with van der Waals surface area (Å²) >= 11 is 0. The topological polar surface area (TPSA) is 229 Å². The number of carbonyl (C=O) groups excluding carboxylic acids is 4. The molecule has 20 heteroatoms. The number of benzene rings is 4. The van der Waals surface area contributed by atoms with Crippen LogP contribution in [0.4, 0.5) is 19.2 Å². The number of ether oxygens (including phenoxy) is 4. The Hall–Kier alpha value is -8.04. The van der Waals surface area contributed by atoms with Crippen LogP contribution in [0.3, 0.4) is 0 Å². The molecule has 4 aromatic heterocycles. The molecule has 4 fully saturated rings. The van der Waals surface area contributed by atoms with Gasteiger partial charge in [0.2, 0.25) is 0 Å². The minimum absolute atomic E-state index is 0.0825. The molecule has 0 unspecified atom stereocenters. The van der Waals surface area contributed by atoms with Crippen molar-refractivity contribution in [2.75, 3.05) is 109 Å². The average molecular weight is 1150 g/mol. The number of hydrogen-bond acceptors (Lipinski definition) is 12. The van der Waals surface area contributed by atoms with Crippen molar-refractivity contribution in [1.29, 1.82) is 0 Å². The molecule has 8 heterocycles. The van der Waals surface area contributed by atoms with E-state index in [-0.39, 0.29) is 48.5 Å².